The molecule has 2 saturated heterocycles. The number of likely N-dealkylation sites (N-methyl/N-ethyl adjacent to an activating group) is 1. The van der Waals surface area contributed by atoms with E-state index in [0.29, 0.717) is 24.2 Å². The first-order chi connectivity index (χ1) is 18.9. The highest BCUT2D eigenvalue weighted by Crippen LogP contribution is 2.28. The molecule has 3 aliphatic rings. The summed E-state index contributed by atoms with van der Waals surface area (Å²) in [5, 5.41) is 6.94. The first-order valence-corrected chi connectivity index (χ1v) is 16.3. The molecular formula is C30H47N5O2S2. The maximum absolute atomic E-state index is 13.5. The lowest BCUT2D eigenvalue weighted by Crippen LogP contribution is -2.56. The van der Waals surface area contributed by atoms with E-state index < -0.39 is 6.04 Å². The summed E-state index contributed by atoms with van der Waals surface area (Å²) in [6.45, 7) is 3.38. The van der Waals surface area contributed by atoms with Gasteiger partial charge in [0.15, 0.2) is 0 Å². The summed E-state index contributed by atoms with van der Waals surface area (Å²) in [7, 11) is 3.77. The first kappa shape index (κ1) is 30.3. The topological polar surface area (TPSA) is 67.9 Å². The Bertz CT molecular complexity index is 933. The van der Waals surface area contributed by atoms with Gasteiger partial charge in [-0.3, -0.25) is 14.5 Å². The molecule has 7 nitrogen and oxygen atoms in total. The number of piperidine rings is 1. The van der Waals surface area contributed by atoms with Gasteiger partial charge in [-0.25, -0.2) is 0 Å². The molecule has 4 rings (SSSR count). The number of amides is 2. The van der Waals surface area contributed by atoms with Crippen LogP contribution in [0.15, 0.2) is 30.3 Å². The highest BCUT2D eigenvalue weighted by atomic mass is 32.2. The van der Waals surface area contributed by atoms with Gasteiger partial charge in [-0.05, 0) is 51.3 Å². The van der Waals surface area contributed by atoms with Crippen LogP contribution in [0.25, 0.3) is 0 Å². The van der Waals surface area contributed by atoms with Crippen molar-refractivity contribution in [1.29, 1.82) is 0 Å². The van der Waals surface area contributed by atoms with Crippen LogP contribution in [-0.4, -0.2) is 95.0 Å². The lowest BCUT2D eigenvalue weighted by molar-refractivity contribution is -0.138. The molecule has 39 heavy (non-hydrogen) atoms. The van der Waals surface area contributed by atoms with Crippen molar-refractivity contribution in [2.45, 2.75) is 82.5 Å². The smallest absolute Gasteiger partial charge is 0.244 e. The summed E-state index contributed by atoms with van der Waals surface area (Å²) in [4.78, 5) is 33.1. The fourth-order valence-electron chi connectivity index (χ4n) is 6.06. The van der Waals surface area contributed by atoms with E-state index in [1.165, 1.54) is 37.7 Å². The zero-order valence-corrected chi connectivity index (χ0v) is 25.4. The van der Waals surface area contributed by atoms with Crippen molar-refractivity contribution < 1.29 is 9.59 Å². The molecule has 3 fully saturated rings. The molecule has 2 aliphatic heterocycles. The summed E-state index contributed by atoms with van der Waals surface area (Å²) in [6.07, 6.45) is 10.6. The summed E-state index contributed by atoms with van der Waals surface area (Å²) in [6, 6.07) is 10.4. The Morgan fingerprint density at radius 2 is 1.79 bits per heavy atom. The highest BCUT2D eigenvalue weighted by Gasteiger charge is 2.36. The van der Waals surface area contributed by atoms with E-state index in [1.54, 1.807) is 16.7 Å². The quantitative estimate of drug-likeness (QED) is 0.390. The Hall–Kier alpha value is -1.68. The molecule has 2 amide bonds. The maximum atomic E-state index is 13.5. The molecule has 1 aliphatic carbocycles. The van der Waals surface area contributed by atoms with Gasteiger partial charge in [-0.15, -0.1) is 11.8 Å². The van der Waals surface area contributed by atoms with E-state index >= 15 is 0 Å². The largest absolute Gasteiger partial charge is 0.375 e. The number of thioether (sulfide) groups is 1. The molecule has 9 heteroatoms. The average Bonchev–Trinajstić information content (AvgIpc) is 3.43. The minimum absolute atomic E-state index is 0.00636. The van der Waals surface area contributed by atoms with Crippen molar-refractivity contribution in [3.63, 3.8) is 0 Å². The van der Waals surface area contributed by atoms with Crippen LogP contribution in [0.5, 0.6) is 0 Å². The second-order valence-corrected chi connectivity index (χ2v) is 13.2. The Morgan fingerprint density at radius 1 is 1.08 bits per heavy atom. The minimum atomic E-state index is -0.427. The van der Waals surface area contributed by atoms with Crippen LogP contribution in [0, 0.1) is 5.92 Å². The van der Waals surface area contributed by atoms with E-state index in [4.69, 9.17) is 12.2 Å². The summed E-state index contributed by atoms with van der Waals surface area (Å²) in [5.74, 6) is 1.87. The summed E-state index contributed by atoms with van der Waals surface area (Å²) in [5.41, 5.74) is 1.35. The van der Waals surface area contributed by atoms with Gasteiger partial charge in [0.05, 0.1) is 23.5 Å². The second kappa shape index (κ2) is 15.4. The van der Waals surface area contributed by atoms with E-state index in [9.17, 15) is 9.59 Å². The van der Waals surface area contributed by atoms with Gasteiger partial charge < -0.3 is 20.4 Å². The summed E-state index contributed by atoms with van der Waals surface area (Å²) < 4.78 is 0. The van der Waals surface area contributed by atoms with Crippen molar-refractivity contribution in [3.05, 3.63) is 35.9 Å². The number of benzene rings is 1. The zero-order valence-electron chi connectivity index (χ0n) is 23.8. The Balaban J connectivity index is 1.32. The number of carbonyl (C=O) groups excluding carboxylic acids is 2. The van der Waals surface area contributed by atoms with Crippen LogP contribution >= 0.6 is 24.0 Å². The van der Waals surface area contributed by atoms with Crippen LogP contribution in [0.3, 0.4) is 0 Å². The number of hydrogen-bond donors (Lipinski definition) is 2. The minimum Gasteiger partial charge on any atom is -0.375 e. The van der Waals surface area contributed by atoms with Gasteiger partial charge in [0.1, 0.15) is 6.04 Å². The third-order valence-corrected chi connectivity index (χ3v) is 9.78. The Morgan fingerprint density at radius 3 is 2.49 bits per heavy atom. The number of nitrogens with one attached hydrogen (secondary N) is 2. The van der Waals surface area contributed by atoms with Gasteiger partial charge >= 0.3 is 0 Å². The van der Waals surface area contributed by atoms with Crippen molar-refractivity contribution in [3.8, 4) is 0 Å². The van der Waals surface area contributed by atoms with Crippen molar-refractivity contribution in [1.82, 2.24) is 25.3 Å². The third kappa shape index (κ3) is 9.44. The highest BCUT2D eigenvalue weighted by molar-refractivity contribution is 7.99. The van der Waals surface area contributed by atoms with Crippen LogP contribution in [0.4, 0.5) is 0 Å². The molecule has 0 bridgehead atoms. The molecule has 1 aromatic rings. The molecule has 2 atom stereocenters. The van der Waals surface area contributed by atoms with Crippen molar-refractivity contribution >= 4 is 40.8 Å². The summed E-state index contributed by atoms with van der Waals surface area (Å²) >= 11 is 7.60. The van der Waals surface area contributed by atoms with E-state index in [1.807, 2.05) is 19.0 Å². The Kier molecular flexibility index (Phi) is 11.9. The fourth-order valence-corrected chi connectivity index (χ4v) is 7.58. The Labute approximate surface area is 244 Å². The van der Waals surface area contributed by atoms with Gasteiger partial charge in [0, 0.05) is 31.4 Å². The molecule has 1 aromatic carbocycles. The number of rotatable bonds is 11. The first-order valence-electron chi connectivity index (χ1n) is 14.8. The van der Waals surface area contributed by atoms with Crippen LogP contribution in [0.2, 0.25) is 0 Å². The molecule has 0 spiro atoms. The molecule has 0 unspecified atom stereocenters. The lowest BCUT2D eigenvalue weighted by Gasteiger charge is -2.34. The molecule has 2 heterocycles. The van der Waals surface area contributed by atoms with E-state index in [2.05, 4.69) is 45.9 Å². The number of carbonyl (C=O) groups is 2. The van der Waals surface area contributed by atoms with Gasteiger partial charge in [0.2, 0.25) is 11.8 Å². The number of nitrogens with zero attached hydrogens (tertiary/aromatic N) is 3. The van der Waals surface area contributed by atoms with Gasteiger partial charge in [-0.2, -0.15) is 0 Å². The lowest BCUT2D eigenvalue weighted by atomic mass is 9.85. The zero-order chi connectivity index (χ0) is 27.6. The third-order valence-electron chi connectivity index (χ3n) is 8.36. The molecule has 0 aromatic heterocycles. The number of hydrogen-bond acceptors (Lipinski definition) is 6. The standard InChI is InChI=1S/C30H47N5O2S2/c1-33(2)20-28(36)35-22-39-21-27(35)29(37)32-26(14-13-23-9-5-3-6-10-23)30(38)31-25-15-17-34(18-16-25)19-24-11-7-4-8-12-24/h4,7-8,11-12,23,25-27H,3,5-6,9-10,13-22H2,1-2H3,(H,31,38)(H,32,37)/t26-,27+/m1/s1. The predicted octanol–water partition coefficient (Wildman–Crippen LogP) is 3.88. The van der Waals surface area contributed by atoms with Crippen molar-refractivity contribution in [2.24, 2.45) is 5.92 Å². The average molecular weight is 574 g/mol. The van der Waals surface area contributed by atoms with Gasteiger partial charge in [0.25, 0.3) is 0 Å². The molecule has 2 N–H and O–H groups in total. The van der Waals surface area contributed by atoms with Crippen LogP contribution in [-0.2, 0) is 16.1 Å². The van der Waals surface area contributed by atoms with Gasteiger partial charge in [-0.1, -0.05) is 74.7 Å². The van der Waals surface area contributed by atoms with E-state index in [0.717, 1.165) is 56.2 Å². The SMILES string of the molecule is CN(C)CC(=O)N1CSC[C@H]1C(=O)N[C@H](CCC1CCCCC1)C(=S)NC1CCN(Cc2ccccc2)CC1. The normalized spacial score (nSPS) is 22.1. The number of thiocarbonyl (C=S) groups is 1. The van der Waals surface area contributed by atoms with Crippen LogP contribution in [0.1, 0.15) is 63.4 Å². The van der Waals surface area contributed by atoms with Crippen LogP contribution < -0.4 is 10.6 Å². The molecule has 1 saturated carbocycles. The fraction of sp³-hybridized carbons (Fsp3) is 0.700. The molecule has 0 radical (unpaired) electrons. The maximum Gasteiger partial charge on any atom is 0.244 e. The number of likely N-dealkylation sites (tertiary alicyclic amines) is 1. The molecule has 216 valence electrons. The molecular weight excluding hydrogens is 526 g/mol. The predicted molar refractivity (Wildman–Crippen MR) is 165 cm³/mol. The monoisotopic (exact) mass is 573 g/mol. The second-order valence-electron chi connectivity index (χ2n) is 11.8. The van der Waals surface area contributed by atoms with E-state index in [-0.39, 0.29) is 17.9 Å². The van der Waals surface area contributed by atoms with Crippen molar-refractivity contribution in [2.75, 3.05) is 45.4 Å².